The number of aryl methyl sites for hydroxylation is 2. The van der Waals surface area contributed by atoms with Crippen LogP contribution in [0.2, 0.25) is 0 Å². The number of aromatic nitrogens is 3. The van der Waals surface area contributed by atoms with Crippen molar-refractivity contribution in [3.8, 4) is 5.75 Å². The van der Waals surface area contributed by atoms with Crippen LogP contribution in [-0.2, 0) is 24.3 Å². The first-order valence-electron chi connectivity index (χ1n) is 14.7. The van der Waals surface area contributed by atoms with Crippen LogP contribution in [0.3, 0.4) is 0 Å². The molecule has 0 saturated carbocycles. The van der Waals surface area contributed by atoms with E-state index >= 15 is 4.39 Å². The summed E-state index contributed by atoms with van der Waals surface area (Å²) in [5.74, 6) is -2.58. The highest BCUT2D eigenvalue weighted by atomic mass is 19.1. The van der Waals surface area contributed by atoms with Crippen molar-refractivity contribution in [1.82, 2.24) is 19.9 Å². The summed E-state index contributed by atoms with van der Waals surface area (Å²) in [6.07, 6.45) is 4.34. The molecular formula is C33H35FN4O4. The van der Waals surface area contributed by atoms with Gasteiger partial charge in [-0.1, -0.05) is 42.8 Å². The molecule has 5 aliphatic heterocycles. The van der Waals surface area contributed by atoms with Gasteiger partial charge in [0.2, 0.25) is 0 Å². The van der Waals surface area contributed by atoms with E-state index in [4.69, 9.17) is 4.74 Å². The van der Waals surface area contributed by atoms with Crippen molar-refractivity contribution in [1.29, 1.82) is 0 Å². The molecule has 42 heavy (non-hydrogen) atoms. The maximum atomic E-state index is 15.1. The molecule has 0 radical (unpaired) electrons. The molecule has 9 heteroatoms. The van der Waals surface area contributed by atoms with Crippen LogP contribution in [0.5, 0.6) is 5.75 Å². The molecule has 0 aliphatic carbocycles. The van der Waals surface area contributed by atoms with E-state index in [0.717, 1.165) is 71.1 Å². The molecule has 9 rings (SSSR count). The molecule has 4 aromatic rings. The number of hydrogen-bond donors (Lipinski definition) is 1. The molecule has 0 fully saturated rings. The lowest BCUT2D eigenvalue weighted by Crippen LogP contribution is -2.36. The standard InChI is InChI=1S/C33H35FN4O4/c1-20-26-11-12-29-31(20)35-36-38(29)14-5-3-4-6-16-42-25-9-10-27(28(34)18-25)32(39)37-15-13-22-7-8-23(17-24(22)19-37)30(26)21(2)33(40)41/h7-12,17-18,21,30H,3-6,13-16,19H2,1-2H3,(H,40,41)/t21-,30+/m0/s1. The van der Waals surface area contributed by atoms with Gasteiger partial charge in [0.05, 0.1) is 23.6 Å². The Morgan fingerprint density at radius 1 is 1.05 bits per heavy atom. The van der Waals surface area contributed by atoms with E-state index in [0.29, 0.717) is 31.9 Å². The number of rotatable bonds is 2. The molecule has 9 bridgehead atoms. The first-order chi connectivity index (χ1) is 20.3. The second-order valence-electron chi connectivity index (χ2n) is 11.5. The van der Waals surface area contributed by atoms with Gasteiger partial charge in [0.15, 0.2) is 0 Å². The van der Waals surface area contributed by atoms with Gasteiger partial charge in [-0.05, 0) is 78.6 Å². The summed E-state index contributed by atoms with van der Waals surface area (Å²) in [4.78, 5) is 27.4. The molecule has 3 aromatic carbocycles. The average molecular weight is 571 g/mol. The molecule has 5 aliphatic rings. The van der Waals surface area contributed by atoms with Crippen molar-refractivity contribution in [3.63, 3.8) is 0 Å². The Hall–Kier alpha value is -4.27. The Labute approximate surface area is 244 Å². The quantitative estimate of drug-likeness (QED) is 0.323. The summed E-state index contributed by atoms with van der Waals surface area (Å²) in [5, 5.41) is 19.0. The molecule has 2 atom stereocenters. The lowest BCUT2D eigenvalue weighted by Gasteiger charge is -2.31. The maximum absolute atomic E-state index is 15.1. The third kappa shape index (κ3) is 5.24. The van der Waals surface area contributed by atoms with E-state index in [1.54, 1.807) is 17.9 Å². The van der Waals surface area contributed by atoms with Crippen LogP contribution >= 0.6 is 0 Å². The van der Waals surface area contributed by atoms with Crippen LogP contribution in [0, 0.1) is 18.7 Å². The van der Waals surface area contributed by atoms with Gasteiger partial charge in [-0.2, -0.15) is 0 Å². The highest BCUT2D eigenvalue weighted by Gasteiger charge is 2.31. The minimum absolute atomic E-state index is 0.0224. The van der Waals surface area contributed by atoms with Gasteiger partial charge in [0.25, 0.3) is 5.91 Å². The van der Waals surface area contributed by atoms with Gasteiger partial charge in [-0.15, -0.1) is 5.10 Å². The number of hydrogen-bond acceptors (Lipinski definition) is 5. The van der Waals surface area contributed by atoms with Crippen LogP contribution in [0.4, 0.5) is 4.39 Å². The number of carbonyl (C=O) groups is 2. The van der Waals surface area contributed by atoms with Crippen LogP contribution in [0.15, 0.2) is 48.5 Å². The summed E-state index contributed by atoms with van der Waals surface area (Å²) < 4.78 is 22.8. The van der Waals surface area contributed by atoms with E-state index in [1.807, 2.05) is 41.9 Å². The fourth-order valence-electron chi connectivity index (χ4n) is 6.35. The summed E-state index contributed by atoms with van der Waals surface area (Å²) >= 11 is 0. The van der Waals surface area contributed by atoms with Crippen LogP contribution in [-0.4, -0.2) is 50.0 Å². The average Bonchev–Trinajstić information content (AvgIpc) is 3.40. The van der Waals surface area contributed by atoms with Crippen molar-refractivity contribution in [2.24, 2.45) is 5.92 Å². The predicted molar refractivity (Wildman–Crippen MR) is 156 cm³/mol. The number of carboxylic acid groups (broad SMARTS) is 1. The molecular weight excluding hydrogens is 535 g/mol. The number of aliphatic carboxylic acids is 1. The first-order valence-corrected chi connectivity index (χ1v) is 14.7. The second kappa shape index (κ2) is 11.5. The highest BCUT2D eigenvalue weighted by Crippen LogP contribution is 2.38. The molecule has 0 spiro atoms. The largest absolute Gasteiger partial charge is 0.493 e. The van der Waals surface area contributed by atoms with Crippen molar-refractivity contribution >= 4 is 22.9 Å². The summed E-state index contributed by atoms with van der Waals surface area (Å²) in [5.41, 5.74) is 6.46. The Kier molecular flexibility index (Phi) is 7.66. The van der Waals surface area contributed by atoms with Crippen LogP contribution in [0.25, 0.3) is 11.0 Å². The maximum Gasteiger partial charge on any atom is 0.307 e. The summed E-state index contributed by atoms with van der Waals surface area (Å²) in [6.45, 7) is 5.71. The number of halogens is 1. The molecule has 0 saturated heterocycles. The molecule has 1 amide bonds. The summed E-state index contributed by atoms with van der Waals surface area (Å²) in [6, 6.07) is 14.5. The third-order valence-electron chi connectivity index (χ3n) is 8.80. The number of carbonyl (C=O) groups excluding carboxylic acids is 1. The smallest absolute Gasteiger partial charge is 0.307 e. The van der Waals surface area contributed by atoms with Gasteiger partial charge in [0.1, 0.15) is 17.1 Å². The highest BCUT2D eigenvalue weighted by molar-refractivity contribution is 5.94. The van der Waals surface area contributed by atoms with Gasteiger partial charge in [-0.3, -0.25) is 9.59 Å². The number of nitrogens with zero attached hydrogens (tertiary/aromatic N) is 4. The molecule has 0 unspecified atom stereocenters. The Bertz CT molecular complexity index is 1670. The zero-order valence-electron chi connectivity index (χ0n) is 24.0. The van der Waals surface area contributed by atoms with Gasteiger partial charge in [0, 0.05) is 31.6 Å². The minimum Gasteiger partial charge on any atom is -0.493 e. The lowest BCUT2D eigenvalue weighted by atomic mass is 9.78. The molecule has 6 heterocycles. The van der Waals surface area contributed by atoms with E-state index in [9.17, 15) is 14.7 Å². The monoisotopic (exact) mass is 570 g/mol. The van der Waals surface area contributed by atoms with Crippen molar-refractivity contribution in [3.05, 3.63) is 87.7 Å². The zero-order valence-corrected chi connectivity index (χ0v) is 24.0. The van der Waals surface area contributed by atoms with Crippen molar-refractivity contribution < 1.29 is 23.8 Å². The minimum atomic E-state index is -0.891. The van der Waals surface area contributed by atoms with E-state index in [1.165, 1.54) is 12.1 Å². The summed E-state index contributed by atoms with van der Waals surface area (Å²) in [7, 11) is 0. The van der Waals surface area contributed by atoms with E-state index in [-0.39, 0.29) is 11.5 Å². The van der Waals surface area contributed by atoms with Gasteiger partial charge in [-0.25, -0.2) is 9.07 Å². The zero-order chi connectivity index (χ0) is 29.4. The predicted octanol–water partition coefficient (Wildman–Crippen LogP) is 5.88. The van der Waals surface area contributed by atoms with Gasteiger partial charge < -0.3 is 14.7 Å². The fourth-order valence-corrected chi connectivity index (χ4v) is 6.35. The van der Waals surface area contributed by atoms with Crippen molar-refractivity contribution in [2.45, 2.75) is 65.0 Å². The topological polar surface area (TPSA) is 97.5 Å². The third-order valence-corrected chi connectivity index (χ3v) is 8.80. The first kappa shape index (κ1) is 27.9. The van der Waals surface area contributed by atoms with E-state index < -0.39 is 23.6 Å². The molecule has 8 nitrogen and oxygen atoms in total. The van der Waals surface area contributed by atoms with Gasteiger partial charge >= 0.3 is 5.97 Å². The SMILES string of the molecule is Cc1c2ccc3c1nnn3CCCCCCOc1ccc(c(F)c1)C(=O)N1CCc3ccc(cc3C1)[C@H]2[C@H](C)C(=O)O. The van der Waals surface area contributed by atoms with Crippen LogP contribution in [0.1, 0.15) is 76.7 Å². The fraction of sp³-hybridized carbons (Fsp3) is 0.394. The van der Waals surface area contributed by atoms with Crippen molar-refractivity contribution in [2.75, 3.05) is 13.2 Å². The Morgan fingerprint density at radius 3 is 2.69 bits per heavy atom. The molecule has 1 aromatic heterocycles. The second-order valence-corrected chi connectivity index (χ2v) is 11.5. The normalized spacial score (nSPS) is 18.5. The van der Waals surface area contributed by atoms with Crippen LogP contribution < -0.4 is 4.74 Å². The number of ether oxygens (including phenoxy) is 1. The molecule has 1 N–H and O–H groups in total. The Morgan fingerprint density at radius 2 is 1.88 bits per heavy atom. The lowest BCUT2D eigenvalue weighted by molar-refractivity contribution is -0.141. The number of carboxylic acids is 1. The number of amides is 1. The Balaban J connectivity index is 1.42. The molecule has 218 valence electrons. The number of benzene rings is 3. The van der Waals surface area contributed by atoms with E-state index in [2.05, 4.69) is 10.3 Å².